The highest BCUT2D eigenvalue weighted by atomic mass is 15.4. The van der Waals surface area contributed by atoms with Gasteiger partial charge in [-0.3, -0.25) is 0 Å². The maximum Gasteiger partial charge on any atom is 0.252 e. The molecular weight excluding hydrogens is 216 g/mol. The van der Waals surface area contributed by atoms with Crippen LogP contribution in [-0.4, -0.2) is 24.7 Å². The smallest absolute Gasteiger partial charge is 0.252 e. The largest absolute Gasteiger partial charge is 0.325 e. The van der Waals surface area contributed by atoms with Gasteiger partial charge >= 0.3 is 0 Å². The average Bonchev–Trinajstić information content (AvgIpc) is 2.82. The molecule has 0 unspecified atom stereocenters. The maximum atomic E-state index is 5.56. The van der Waals surface area contributed by atoms with Crippen molar-refractivity contribution in [3.63, 3.8) is 0 Å². The van der Waals surface area contributed by atoms with Gasteiger partial charge in [0.1, 0.15) is 5.82 Å². The Labute approximate surface area is 99.9 Å². The third-order valence-electron chi connectivity index (χ3n) is 2.45. The van der Waals surface area contributed by atoms with Gasteiger partial charge in [-0.1, -0.05) is 13.8 Å². The third kappa shape index (κ3) is 2.31. The Morgan fingerprint density at radius 2 is 2.06 bits per heavy atom. The minimum absolute atomic E-state index is 0.395. The van der Waals surface area contributed by atoms with Crippen LogP contribution in [0, 0.1) is 0 Å². The highest BCUT2D eigenvalue weighted by Crippen LogP contribution is 2.07. The van der Waals surface area contributed by atoms with Gasteiger partial charge in [-0.05, 0) is 6.07 Å². The van der Waals surface area contributed by atoms with Crippen molar-refractivity contribution in [2.45, 2.75) is 33.2 Å². The Morgan fingerprint density at radius 3 is 2.71 bits per heavy atom. The number of hydrogen-bond donors (Lipinski definition) is 1. The lowest BCUT2D eigenvalue weighted by Gasteiger charge is -2.03. The quantitative estimate of drug-likeness (QED) is 0.836. The molecule has 0 aliphatic heterocycles. The first-order chi connectivity index (χ1) is 8.28. The molecule has 0 atom stereocenters. The van der Waals surface area contributed by atoms with E-state index in [1.807, 2.05) is 13.8 Å². The summed E-state index contributed by atoms with van der Waals surface area (Å²) in [5.74, 6) is 2.22. The molecule has 0 saturated carbocycles. The lowest BCUT2D eigenvalue weighted by atomic mass is 10.4. The van der Waals surface area contributed by atoms with Crippen LogP contribution in [0.25, 0.3) is 5.95 Å². The summed E-state index contributed by atoms with van der Waals surface area (Å²) in [6.45, 7) is 4.45. The normalized spacial score (nSPS) is 10.8. The summed E-state index contributed by atoms with van der Waals surface area (Å²) < 4.78 is 1.69. The van der Waals surface area contributed by atoms with Gasteiger partial charge in [0, 0.05) is 25.6 Å². The van der Waals surface area contributed by atoms with E-state index in [2.05, 4.69) is 20.1 Å². The third-order valence-corrected chi connectivity index (χ3v) is 2.45. The van der Waals surface area contributed by atoms with Gasteiger partial charge in [-0.25, -0.2) is 15.0 Å². The van der Waals surface area contributed by atoms with Gasteiger partial charge in [0.2, 0.25) is 0 Å². The number of rotatable bonds is 4. The fourth-order valence-electron chi connectivity index (χ4n) is 1.53. The molecule has 0 saturated heterocycles. The molecule has 17 heavy (non-hydrogen) atoms. The first-order valence-electron chi connectivity index (χ1n) is 5.75. The zero-order valence-corrected chi connectivity index (χ0v) is 10.1. The van der Waals surface area contributed by atoms with Crippen LogP contribution in [0.15, 0.2) is 12.3 Å². The maximum absolute atomic E-state index is 5.56. The highest BCUT2D eigenvalue weighted by molar-refractivity contribution is 5.15. The topological polar surface area (TPSA) is 82.5 Å². The molecule has 2 heterocycles. The second-order valence-electron chi connectivity index (χ2n) is 3.62. The number of aromatic nitrogens is 5. The van der Waals surface area contributed by atoms with Gasteiger partial charge < -0.3 is 5.73 Å². The molecule has 2 N–H and O–H groups in total. The van der Waals surface area contributed by atoms with E-state index in [0.29, 0.717) is 12.5 Å². The molecule has 0 fully saturated rings. The Morgan fingerprint density at radius 1 is 1.24 bits per heavy atom. The molecule has 6 nitrogen and oxygen atoms in total. The van der Waals surface area contributed by atoms with E-state index in [1.165, 1.54) is 0 Å². The molecule has 0 spiro atoms. The fourth-order valence-corrected chi connectivity index (χ4v) is 1.53. The molecule has 0 aromatic carbocycles. The molecule has 6 heteroatoms. The molecule has 0 aliphatic carbocycles. The lowest BCUT2D eigenvalue weighted by Crippen LogP contribution is -2.10. The first-order valence-corrected chi connectivity index (χ1v) is 5.75. The van der Waals surface area contributed by atoms with E-state index in [0.717, 1.165) is 30.2 Å². The van der Waals surface area contributed by atoms with Crippen molar-refractivity contribution in [3.8, 4) is 5.95 Å². The van der Waals surface area contributed by atoms with Crippen LogP contribution in [-0.2, 0) is 19.4 Å². The van der Waals surface area contributed by atoms with E-state index in [9.17, 15) is 0 Å². The molecule has 0 aliphatic rings. The van der Waals surface area contributed by atoms with Gasteiger partial charge in [0.25, 0.3) is 5.95 Å². The predicted molar refractivity (Wildman–Crippen MR) is 63.6 cm³/mol. The zero-order valence-electron chi connectivity index (χ0n) is 10.1. The van der Waals surface area contributed by atoms with Gasteiger partial charge in [-0.2, -0.15) is 4.68 Å². The van der Waals surface area contributed by atoms with Crippen molar-refractivity contribution >= 4 is 0 Å². The second kappa shape index (κ2) is 5.01. The summed E-state index contributed by atoms with van der Waals surface area (Å²) in [6, 6.07) is 1.80. The Bertz CT molecular complexity index is 504. The number of hydrogen-bond acceptors (Lipinski definition) is 5. The SMILES string of the molecule is CCc1nc(CC)n(-c2nccc(CN)n2)n1. The van der Waals surface area contributed by atoms with Crippen LogP contribution in [0.4, 0.5) is 0 Å². The Balaban J connectivity index is 2.47. The second-order valence-corrected chi connectivity index (χ2v) is 3.62. The summed E-state index contributed by atoms with van der Waals surface area (Å²) in [4.78, 5) is 13.0. The fraction of sp³-hybridized carbons (Fsp3) is 0.455. The lowest BCUT2D eigenvalue weighted by molar-refractivity contribution is 0.733. The van der Waals surface area contributed by atoms with E-state index in [-0.39, 0.29) is 0 Å². The molecular formula is C11H16N6. The van der Waals surface area contributed by atoms with Gasteiger partial charge in [-0.15, -0.1) is 5.10 Å². The van der Waals surface area contributed by atoms with Crippen molar-refractivity contribution in [2.24, 2.45) is 5.73 Å². The van der Waals surface area contributed by atoms with Crippen LogP contribution in [0.3, 0.4) is 0 Å². The van der Waals surface area contributed by atoms with Crippen LogP contribution in [0.5, 0.6) is 0 Å². The van der Waals surface area contributed by atoms with E-state index >= 15 is 0 Å². The summed E-state index contributed by atoms with van der Waals surface area (Å²) >= 11 is 0. The Kier molecular flexibility index (Phi) is 3.43. The highest BCUT2D eigenvalue weighted by Gasteiger charge is 2.11. The monoisotopic (exact) mass is 232 g/mol. The molecule has 0 radical (unpaired) electrons. The van der Waals surface area contributed by atoms with Gasteiger partial charge in [0.15, 0.2) is 5.82 Å². The van der Waals surface area contributed by atoms with Crippen molar-refractivity contribution in [1.82, 2.24) is 24.7 Å². The summed E-state index contributed by atoms with van der Waals surface area (Å²) in [5.41, 5.74) is 6.36. The molecule has 2 rings (SSSR count). The summed E-state index contributed by atoms with van der Waals surface area (Å²) in [5, 5.41) is 4.38. The molecule has 2 aromatic rings. The van der Waals surface area contributed by atoms with E-state index < -0.39 is 0 Å². The van der Waals surface area contributed by atoms with Crippen LogP contribution >= 0.6 is 0 Å². The molecule has 90 valence electrons. The molecule has 0 bridgehead atoms. The number of nitrogens with zero attached hydrogens (tertiary/aromatic N) is 5. The van der Waals surface area contributed by atoms with Crippen molar-refractivity contribution in [3.05, 3.63) is 29.6 Å². The number of nitrogens with two attached hydrogens (primary N) is 1. The van der Waals surface area contributed by atoms with Crippen molar-refractivity contribution in [2.75, 3.05) is 0 Å². The number of aryl methyl sites for hydroxylation is 2. The summed E-state index contributed by atoms with van der Waals surface area (Å²) in [7, 11) is 0. The minimum Gasteiger partial charge on any atom is -0.325 e. The molecule has 2 aromatic heterocycles. The van der Waals surface area contributed by atoms with E-state index in [4.69, 9.17) is 5.73 Å². The average molecular weight is 232 g/mol. The Hall–Kier alpha value is -1.82. The van der Waals surface area contributed by atoms with Gasteiger partial charge in [0.05, 0.1) is 5.69 Å². The first kappa shape index (κ1) is 11.7. The predicted octanol–water partition coefficient (Wildman–Crippen LogP) is 0.641. The van der Waals surface area contributed by atoms with Crippen molar-refractivity contribution < 1.29 is 0 Å². The van der Waals surface area contributed by atoms with Crippen LogP contribution < -0.4 is 5.73 Å². The zero-order chi connectivity index (χ0) is 12.3. The van der Waals surface area contributed by atoms with Crippen LogP contribution in [0.2, 0.25) is 0 Å². The van der Waals surface area contributed by atoms with Crippen molar-refractivity contribution in [1.29, 1.82) is 0 Å². The summed E-state index contributed by atoms with van der Waals surface area (Å²) in [6.07, 6.45) is 3.29. The van der Waals surface area contributed by atoms with Crippen LogP contribution in [0.1, 0.15) is 31.2 Å². The standard InChI is InChI=1S/C11H16N6/c1-3-9-15-10(4-2)17(16-9)11-13-6-5-8(7-12)14-11/h5-6H,3-4,7,12H2,1-2H3. The minimum atomic E-state index is 0.395. The molecule has 0 amide bonds. The van der Waals surface area contributed by atoms with E-state index in [1.54, 1.807) is 16.9 Å².